The van der Waals surface area contributed by atoms with Gasteiger partial charge in [-0.1, -0.05) is 5.21 Å². The van der Waals surface area contributed by atoms with Crippen molar-refractivity contribution in [3.63, 3.8) is 0 Å². The van der Waals surface area contributed by atoms with Crippen molar-refractivity contribution in [3.8, 4) is 0 Å². The number of hydrogen-bond donors (Lipinski definition) is 3. The molecule has 0 aliphatic carbocycles. The van der Waals surface area contributed by atoms with E-state index in [9.17, 15) is 4.79 Å². The number of hydrogen-bond acceptors (Lipinski definition) is 5. The molecule has 0 bridgehead atoms. The maximum absolute atomic E-state index is 11.9. The molecule has 17 heavy (non-hydrogen) atoms. The zero-order chi connectivity index (χ0) is 12.3. The number of aryl methyl sites for hydroxylation is 1. The monoisotopic (exact) mass is 235 g/mol. The molecular formula is C9H13N7O. The van der Waals surface area contributed by atoms with Crippen molar-refractivity contribution < 1.29 is 4.79 Å². The number of amides is 1. The molecule has 1 amide bonds. The van der Waals surface area contributed by atoms with Gasteiger partial charge in [0.05, 0.1) is 12.2 Å². The average Bonchev–Trinajstić information content (AvgIpc) is 2.94. The molecule has 0 saturated heterocycles. The SMILES string of the molecule is CCn1cc(N)cc1C(=O)NCc1nn[nH]n1. The summed E-state index contributed by atoms with van der Waals surface area (Å²) in [6.45, 7) is 2.85. The van der Waals surface area contributed by atoms with E-state index in [1.54, 1.807) is 16.8 Å². The highest BCUT2D eigenvalue weighted by Crippen LogP contribution is 2.10. The van der Waals surface area contributed by atoms with E-state index < -0.39 is 0 Å². The van der Waals surface area contributed by atoms with Crippen LogP contribution in [-0.2, 0) is 13.1 Å². The second-order valence-corrected chi connectivity index (χ2v) is 3.46. The highest BCUT2D eigenvalue weighted by Gasteiger charge is 2.12. The number of carbonyl (C=O) groups is 1. The first-order valence-electron chi connectivity index (χ1n) is 5.17. The Hall–Kier alpha value is -2.38. The van der Waals surface area contributed by atoms with E-state index in [4.69, 9.17) is 5.73 Å². The Morgan fingerprint density at radius 1 is 1.65 bits per heavy atom. The van der Waals surface area contributed by atoms with Gasteiger partial charge in [0.15, 0.2) is 5.82 Å². The molecule has 0 spiro atoms. The number of tetrazole rings is 1. The fourth-order valence-corrected chi connectivity index (χ4v) is 1.49. The molecule has 2 aromatic heterocycles. The Labute approximate surface area is 97.2 Å². The largest absolute Gasteiger partial charge is 0.397 e. The number of nitrogens with two attached hydrogens (primary N) is 1. The van der Waals surface area contributed by atoms with Crippen molar-refractivity contribution >= 4 is 11.6 Å². The van der Waals surface area contributed by atoms with Crippen molar-refractivity contribution in [1.82, 2.24) is 30.5 Å². The van der Waals surface area contributed by atoms with Gasteiger partial charge in [-0.2, -0.15) is 5.21 Å². The number of aromatic amines is 1. The molecule has 2 heterocycles. The minimum Gasteiger partial charge on any atom is -0.397 e. The average molecular weight is 235 g/mol. The summed E-state index contributed by atoms with van der Waals surface area (Å²) in [6.07, 6.45) is 1.73. The zero-order valence-electron chi connectivity index (χ0n) is 9.34. The smallest absolute Gasteiger partial charge is 0.268 e. The third-order valence-corrected chi connectivity index (χ3v) is 2.29. The maximum atomic E-state index is 11.9. The Morgan fingerprint density at radius 3 is 3.12 bits per heavy atom. The van der Waals surface area contributed by atoms with Gasteiger partial charge in [0, 0.05) is 12.7 Å². The Balaban J connectivity index is 2.04. The summed E-state index contributed by atoms with van der Waals surface area (Å²) in [5, 5.41) is 15.9. The summed E-state index contributed by atoms with van der Waals surface area (Å²) in [7, 11) is 0. The standard InChI is InChI=1S/C9H13N7O/c1-2-16-5-6(10)3-7(16)9(17)11-4-8-12-14-15-13-8/h3,5H,2,4,10H2,1H3,(H,11,17)(H,12,13,14,15). The second-order valence-electron chi connectivity index (χ2n) is 3.46. The van der Waals surface area contributed by atoms with Gasteiger partial charge in [0.1, 0.15) is 5.69 Å². The number of nitrogens with zero attached hydrogens (tertiary/aromatic N) is 4. The molecule has 2 aromatic rings. The summed E-state index contributed by atoms with van der Waals surface area (Å²) in [5.41, 5.74) is 6.73. The molecule has 2 rings (SSSR count). The van der Waals surface area contributed by atoms with Crippen LogP contribution in [0.5, 0.6) is 0 Å². The van der Waals surface area contributed by atoms with Crippen LogP contribution in [0.1, 0.15) is 23.2 Å². The molecule has 0 aliphatic heterocycles. The van der Waals surface area contributed by atoms with Gasteiger partial charge >= 0.3 is 0 Å². The third-order valence-electron chi connectivity index (χ3n) is 2.29. The van der Waals surface area contributed by atoms with Crippen LogP contribution in [-0.4, -0.2) is 31.1 Å². The number of carbonyl (C=O) groups excluding carboxylic acids is 1. The summed E-state index contributed by atoms with van der Waals surface area (Å²) in [5.74, 6) is 0.217. The maximum Gasteiger partial charge on any atom is 0.268 e. The van der Waals surface area contributed by atoms with Gasteiger partial charge in [-0.05, 0) is 13.0 Å². The molecule has 8 nitrogen and oxygen atoms in total. The molecule has 0 atom stereocenters. The molecular weight excluding hydrogens is 222 g/mol. The summed E-state index contributed by atoms with van der Waals surface area (Å²) < 4.78 is 1.78. The van der Waals surface area contributed by atoms with Crippen LogP contribution in [0.2, 0.25) is 0 Å². The third kappa shape index (κ3) is 2.41. The quantitative estimate of drug-likeness (QED) is 0.663. The van der Waals surface area contributed by atoms with Crippen molar-refractivity contribution in [1.29, 1.82) is 0 Å². The van der Waals surface area contributed by atoms with Crippen LogP contribution in [0.15, 0.2) is 12.3 Å². The molecule has 90 valence electrons. The molecule has 8 heteroatoms. The van der Waals surface area contributed by atoms with Crippen LogP contribution >= 0.6 is 0 Å². The van der Waals surface area contributed by atoms with Crippen molar-refractivity contribution in [2.45, 2.75) is 20.0 Å². The highest BCUT2D eigenvalue weighted by molar-refractivity contribution is 5.93. The predicted octanol–water partition coefficient (Wildman–Crippen LogP) is -0.467. The van der Waals surface area contributed by atoms with Crippen LogP contribution in [0.3, 0.4) is 0 Å². The first-order valence-corrected chi connectivity index (χ1v) is 5.17. The molecule has 0 aliphatic rings. The summed E-state index contributed by atoms with van der Waals surface area (Å²) in [4.78, 5) is 11.9. The molecule has 0 radical (unpaired) electrons. The van der Waals surface area contributed by atoms with Crippen LogP contribution in [0.25, 0.3) is 0 Å². The number of anilines is 1. The highest BCUT2D eigenvalue weighted by atomic mass is 16.1. The van der Waals surface area contributed by atoms with Gasteiger partial charge < -0.3 is 15.6 Å². The van der Waals surface area contributed by atoms with Gasteiger partial charge in [0.25, 0.3) is 5.91 Å². The van der Waals surface area contributed by atoms with Gasteiger partial charge in [0.2, 0.25) is 0 Å². The second kappa shape index (κ2) is 4.64. The van der Waals surface area contributed by atoms with E-state index in [2.05, 4.69) is 25.9 Å². The van der Waals surface area contributed by atoms with Crippen molar-refractivity contribution in [2.24, 2.45) is 0 Å². The number of nitrogen functional groups attached to an aromatic ring is 1. The van der Waals surface area contributed by atoms with Crippen molar-refractivity contribution in [3.05, 3.63) is 23.8 Å². The topological polar surface area (TPSA) is 115 Å². The minimum atomic E-state index is -0.214. The molecule has 0 aromatic carbocycles. The number of nitrogens with one attached hydrogen (secondary N) is 2. The molecule has 0 fully saturated rings. The van der Waals surface area contributed by atoms with E-state index in [0.717, 1.165) is 0 Å². The van der Waals surface area contributed by atoms with Crippen LogP contribution in [0, 0.1) is 0 Å². The number of rotatable bonds is 4. The molecule has 4 N–H and O–H groups in total. The first kappa shape index (κ1) is 11.1. The van der Waals surface area contributed by atoms with E-state index in [1.807, 2.05) is 6.92 Å². The van der Waals surface area contributed by atoms with E-state index in [-0.39, 0.29) is 12.5 Å². The lowest BCUT2D eigenvalue weighted by Crippen LogP contribution is -2.25. The van der Waals surface area contributed by atoms with Gasteiger partial charge in [-0.15, -0.1) is 10.2 Å². The van der Waals surface area contributed by atoms with E-state index in [0.29, 0.717) is 23.8 Å². The molecule has 0 unspecified atom stereocenters. The summed E-state index contributed by atoms with van der Waals surface area (Å²) in [6, 6.07) is 1.63. The Bertz CT molecular complexity index is 501. The fourth-order valence-electron chi connectivity index (χ4n) is 1.49. The lowest BCUT2D eigenvalue weighted by Gasteiger charge is -2.05. The predicted molar refractivity (Wildman–Crippen MR) is 59.9 cm³/mol. The lowest BCUT2D eigenvalue weighted by atomic mass is 10.3. The van der Waals surface area contributed by atoms with Gasteiger partial charge in [-0.25, -0.2) is 0 Å². The summed E-state index contributed by atoms with van der Waals surface area (Å²) >= 11 is 0. The van der Waals surface area contributed by atoms with E-state index in [1.165, 1.54) is 0 Å². The zero-order valence-corrected chi connectivity index (χ0v) is 9.34. The fraction of sp³-hybridized carbons (Fsp3) is 0.333. The number of aromatic nitrogens is 5. The molecule has 0 saturated carbocycles. The lowest BCUT2D eigenvalue weighted by molar-refractivity contribution is 0.0940. The Kier molecular flexibility index (Phi) is 3.03. The van der Waals surface area contributed by atoms with Gasteiger partial charge in [-0.3, -0.25) is 4.79 Å². The van der Waals surface area contributed by atoms with Crippen LogP contribution < -0.4 is 11.1 Å². The first-order chi connectivity index (χ1) is 8.20. The number of H-pyrrole nitrogens is 1. The Morgan fingerprint density at radius 2 is 2.47 bits per heavy atom. The van der Waals surface area contributed by atoms with Crippen LogP contribution in [0.4, 0.5) is 5.69 Å². The van der Waals surface area contributed by atoms with Crippen molar-refractivity contribution in [2.75, 3.05) is 5.73 Å². The minimum absolute atomic E-state index is 0.214. The van der Waals surface area contributed by atoms with E-state index >= 15 is 0 Å². The normalized spacial score (nSPS) is 10.4.